The van der Waals surface area contributed by atoms with Gasteiger partial charge in [-0.2, -0.15) is 0 Å². The Morgan fingerprint density at radius 2 is 2.07 bits per heavy atom. The van der Waals surface area contributed by atoms with Gasteiger partial charge in [-0.1, -0.05) is 43.2 Å². The monoisotopic (exact) mass is 383 g/mol. The van der Waals surface area contributed by atoms with Crippen LogP contribution in [0.5, 0.6) is 0 Å². The molecule has 152 valence electrons. The second-order valence-corrected chi connectivity index (χ2v) is 7.43. The van der Waals surface area contributed by atoms with E-state index >= 15 is 0 Å². The maximum Gasteiger partial charge on any atom is 0.214 e. The van der Waals surface area contributed by atoms with E-state index in [-0.39, 0.29) is 0 Å². The van der Waals surface area contributed by atoms with Crippen LogP contribution in [0.3, 0.4) is 0 Å². The maximum absolute atomic E-state index is 5.87. The number of rotatable bonds is 7. The van der Waals surface area contributed by atoms with Gasteiger partial charge in [-0.25, -0.2) is 4.98 Å². The van der Waals surface area contributed by atoms with Gasteiger partial charge < -0.3 is 15.1 Å². The summed E-state index contributed by atoms with van der Waals surface area (Å²) in [7, 11) is 1.79. The molecule has 0 aliphatic carbocycles. The highest BCUT2D eigenvalue weighted by Crippen LogP contribution is 2.21. The van der Waals surface area contributed by atoms with Gasteiger partial charge in [0.25, 0.3) is 0 Å². The van der Waals surface area contributed by atoms with Crippen LogP contribution in [0, 0.1) is 6.92 Å². The molecule has 1 aliphatic heterocycles. The first-order valence-corrected chi connectivity index (χ1v) is 10.4. The van der Waals surface area contributed by atoms with Gasteiger partial charge in [-0.05, 0) is 32.7 Å². The van der Waals surface area contributed by atoms with Crippen LogP contribution < -0.4 is 10.6 Å². The van der Waals surface area contributed by atoms with Gasteiger partial charge in [-0.15, -0.1) is 0 Å². The molecule has 6 nitrogen and oxygen atoms in total. The van der Waals surface area contributed by atoms with E-state index in [1.165, 1.54) is 37.8 Å². The Balaban J connectivity index is 1.45. The zero-order valence-corrected chi connectivity index (χ0v) is 17.4. The number of oxazole rings is 1. The van der Waals surface area contributed by atoms with E-state index in [9.17, 15) is 0 Å². The Bertz CT molecular complexity index is 753. The van der Waals surface area contributed by atoms with Gasteiger partial charge in [0, 0.05) is 31.7 Å². The summed E-state index contributed by atoms with van der Waals surface area (Å²) in [6, 6.07) is 8.99. The molecule has 1 saturated heterocycles. The van der Waals surface area contributed by atoms with Crippen molar-refractivity contribution in [3.63, 3.8) is 0 Å². The van der Waals surface area contributed by atoms with Crippen LogP contribution in [0.1, 0.15) is 44.1 Å². The molecule has 0 amide bonds. The van der Waals surface area contributed by atoms with Crippen molar-refractivity contribution in [3.8, 4) is 11.3 Å². The summed E-state index contributed by atoms with van der Waals surface area (Å²) in [4.78, 5) is 11.3. The maximum atomic E-state index is 5.87. The number of hydrogen-bond donors (Lipinski definition) is 2. The molecule has 6 heteroatoms. The normalized spacial score (nSPS) is 18.2. The molecule has 2 N–H and O–H groups in total. The van der Waals surface area contributed by atoms with E-state index < -0.39 is 0 Å². The molecule has 2 heterocycles. The van der Waals surface area contributed by atoms with Gasteiger partial charge in [-0.3, -0.25) is 9.89 Å². The molecule has 0 bridgehead atoms. The minimum atomic E-state index is 0.507. The van der Waals surface area contributed by atoms with E-state index in [4.69, 9.17) is 4.42 Å². The van der Waals surface area contributed by atoms with Crippen molar-refractivity contribution in [2.45, 2.75) is 52.1 Å². The summed E-state index contributed by atoms with van der Waals surface area (Å²) in [5.41, 5.74) is 2.27. The lowest BCUT2D eigenvalue weighted by Gasteiger charge is -2.35. The molecule has 1 aliphatic rings. The Hall–Kier alpha value is -2.34. The van der Waals surface area contributed by atoms with Crippen LogP contribution in [0.15, 0.2) is 39.9 Å². The molecule has 3 rings (SSSR count). The lowest BCUT2D eigenvalue weighted by Crippen LogP contribution is -2.45. The fourth-order valence-electron chi connectivity index (χ4n) is 3.76. The molecule has 0 radical (unpaired) electrons. The lowest BCUT2D eigenvalue weighted by molar-refractivity contribution is 0.147. The highest BCUT2D eigenvalue weighted by atomic mass is 16.4. The van der Waals surface area contributed by atoms with Crippen molar-refractivity contribution in [1.29, 1.82) is 0 Å². The Morgan fingerprint density at radius 3 is 2.82 bits per heavy atom. The van der Waals surface area contributed by atoms with Crippen molar-refractivity contribution in [2.24, 2.45) is 4.99 Å². The van der Waals surface area contributed by atoms with Crippen LogP contribution in [0.2, 0.25) is 0 Å². The third-order valence-corrected chi connectivity index (χ3v) is 5.43. The summed E-state index contributed by atoms with van der Waals surface area (Å²) in [6.07, 6.45) is 7.03. The SMILES string of the molecule is CCC1CCCCN1CCNC(=NC)NCc1ncc(-c2ccc(C)cc2)o1. The average molecular weight is 384 g/mol. The smallest absolute Gasteiger partial charge is 0.214 e. The molecular formula is C22H33N5O. The molecule has 1 unspecified atom stereocenters. The molecule has 1 aromatic carbocycles. The fourth-order valence-corrected chi connectivity index (χ4v) is 3.76. The van der Waals surface area contributed by atoms with Gasteiger partial charge in [0.15, 0.2) is 11.7 Å². The third-order valence-electron chi connectivity index (χ3n) is 5.43. The highest BCUT2D eigenvalue weighted by molar-refractivity contribution is 5.79. The zero-order chi connectivity index (χ0) is 19.8. The number of guanidine groups is 1. The average Bonchev–Trinajstić information content (AvgIpc) is 3.20. The molecule has 1 atom stereocenters. The second-order valence-electron chi connectivity index (χ2n) is 7.43. The van der Waals surface area contributed by atoms with E-state index in [0.29, 0.717) is 12.4 Å². The number of benzene rings is 1. The number of aliphatic imine (C=N–C) groups is 1. The lowest BCUT2D eigenvalue weighted by atomic mass is 10.0. The number of aryl methyl sites for hydroxylation is 1. The zero-order valence-electron chi connectivity index (χ0n) is 17.4. The molecule has 2 aromatic rings. The first-order chi connectivity index (χ1) is 13.7. The van der Waals surface area contributed by atoms with Gasteiger partial charge in [0.1, 0.15) is 0 Å². The van der Waals surface area contributed by atoms with Crippen molar-refractivity contribution in [1.82, 2.24) is 20.5 Å². The Kier molecular flexibility index (Phi) is 7.48. The highest BCUT2D eigenvalue weighted by Gasteiger charge is 2.20. The summed E-state index contributed by atoms with van der Waals surface area (Å²) in [5.74, 6) is 2.22. The minimum Gasteiger partial charge on any atom is -0.439 e. The van der Waals surface area contributed by atoms with Crippen molar-refractivity contribution in [2.75, 3.05) is 26.7 Å². The van der Waals surface area contributed by atoms with Crippen molar-refractivity contribution >= 4 is 5.96 Å². The number of likely N-dealkylation sites (tertiary alicyclic amines) is 1. The van der Waals surface area contributed by atoms with E-state index in [0.717, 1.165) is 36.4 Å². The summed E-state index contributed by atoms with van der Waals surface area (Å²) in [5, 5.41) is 6.69. The van der Waals surface area contributed by atoms with Gasteiger partial charge in [0.05, 0.1) is 12.7 Å². The first kappa shape index (κ1) is 20.4. The second kappa shape index (κ2) is 10.3. The molecule has 0 saturated carbocycles. The number of nitrogens with zero attached hydrogens (tertiary/aromatic N) is 3. The fraction of sp³-hybridized carbons (Fsp3) is 0.545. The van der Waals surface area contributed by atoms with Gasteiger partial charge in [0.2, 0.25) is 5.89 Å². The van der Waals surface area contributed by atoms with Gasteiger partial charge >= 0.3 is 0 Å². The molecular weight excluding hydrogens is 350 g/mol. The van der Waals surface area contributed by atoms with Crippen molar-refractivity contribution < 1.29 is 4.42 Å². The largest absolute Gasteiger partial charge is 0.439 e. The van der Waals surface area contributed by atoms with E-state index in [2.05, 4.69) is 63.6 Å². The number of piperidine rings is 1. The van der Waals surface area contributed by atoms with Crippen LogP contribution in [0.4, 0.5) is 0 Å². The van der Waals surface area contributed by atoms with E-state index in [1.54, 1.807) is 13.2 Å². The number of aromatic nitrogens is 1. The van der Waals surface area contributed by atoms with Crippen LogP contribution in [-0.4, -0.2) is 48.6 Å². The predicted octanol–water partition coefficient (Wildman–Crippen LogP) is 3.58. The summed E-state index contributed by atoms with van der Waals surface area (Å²) < 4.78 is 5.87. The Morgan fingerprint density at radius 1 is 1.25 bits per heavy atom. The van der Waals surface area contributed by atoms with Crippen LogP contribution >= 0.6 is 0 Å². The minimum absolute atomic E-state index is 0.507. The van der Waals surface area contributed by atoms with E-state index in [1.807, 2.05) is 0 Å². The number of nitrogens with one attached hydrogen (secondary N) is 2. The molecule has 1 fully saturated rings. The number of hydrogen-bond acceptors (Lipinski definition) is 4. The molecule has 0 spiro atoms. The van der Waals surface area contributed by atoms with Crippen LogP contribution in [0.25, 0.3) is 11.3 Å². The quantitative estimate of drug-likeness (QED) is 0.565. The molecule has 1 aromatic heterocycles. The van der Waals surface area contributed by atoms with Crippen LogP contribution in [-0.2, 0) is 6.54 Å². The predicted molar refractivity (Wildman–Crippen MR) is 114 cm³/mol. The molecule has 28 heavy (non-hydrogen) atoms. The summed E-state index contributed by atoms with van der Waals surface area (Å²) >= 11 is 0. The topological polar surface area (TPSA) is 65.7 Å². The standard InChI is InChI=1S/C22H33N5O/c1-4-19-7-5-6-13-27(19)14-12-24-22(23-3)26-16-21-25-15-20(28-21)18-10-8-17(2)9-11-18/h8-11,15,19H,4-7,12-14,16H2,1-3H3,(H2,23,24,26). The third kappa shape index (κ3) is 5.58. The Labute approximate surface area is 168 Å². The first-order valence-electron chi connectivity index (χ1n) is 10.4. The van der Waals surface area contributed by atoms with Crippen molar-refractivity contribution in [3.05, 3.63) is 41.9 Å². The summed E-state index contributed by atoms with van der Waals surface area (Å²) in [6.45, 7) is 8.02.